The molecule has 2 aromatic rings. The second kappa shape index (κ2) is 5.97. The summed E-state index contributed by atoms with van der Waals surface area (Å²) in [6.45, 7) is 0.718. The van der Waals surface area contributed by atoms with Crippen LogP contribution in [0, 0.1) is 0 Å². The summed E-state index contributed by atoms with van der Waals surface area (Å²) in [5.41, 5.74) is 0.585. The molecule has 0 unspecified atom stereocenters. The number of anilines is 1. The molecule has 21 heavy (non-hydrogen) atoms. The predicted molar refractivity (Wildman–Crippen MR) is 82.3 cm³/mol. The van der Waals surface area contributed by atoms with Crippen LogP contribution < -0.4 is 10.2 Å². The van der Waals surface area contributed by atoms with E-state index in [2.05, 4.69) is 0 Å². The number of thiophene rings is 1. The Balaban J connectivity index is 1.71. The van der Waals surface area contributed by atoms with Crippen molar-refractivity contribution in [1.29, 1.82) is 0 Å². The van der Waals surface area contributed by atoms with Crippen LogP contribution in [-0.2, 0) is 16.1 Å². The summed E-state index contributed by atoms with van der Waals surface area (Å²) in [6, 6.07) is 10.4. The number of carbonyl (C=O) groups is 2. The van der Waals surface area contributed by atoms with Crippen LogP contribution in [0.3, 0.4) is 0 Å². The normalized spacial score (nSPS) is 18.5. The Morgan fingerprint density at radius 3 is 2.67 bits per heavy atom. The van der Waals surface area contributed by atoms with Gasteiger partial charge in [-0.2, -0.15) is 0 Å². The average Bonchev–Trinajstić information content (AvgIpc) is 3.07. The van der Waals surface area contributed by atoms with E-state index in [0.717, 1.165) is 6.54 Å². The topological polar surface area (TPSA) is 54.0 Å². The summed E-state index contributed by atoms with van der Waals surface area (Å²) in [5, 5.41) is 4.52. The number of quaternary nitrogens is 1. The monoisotopic (exact) mass is 321 g/mol. The van der Waals surface area contributed by atoms with Crippen molar-refractivity contribution in [2.75, 3.05) is 4.90 Å². The molecule has 0 spiro atoms. The Labute approximate surface area is 131 Å². The van der Waals surface area contributed by atoms with Crippen molar-refractivity contribution >= 4 is 40.4 Å². The molecule has 1 aromatic carbocycles. The van der Waals surface area contributed by atoms with Crippen LogP contribution in [0.2, 0.25) is 5.02 Å². The van der Waals surface area contributed by atoms with E-state index in [1.807, 2.05) is 22.8 Å². The highest BCUT2D eigenvalue weighted by Crippen LogP contribution is 2.23. The molecule has 2 amide bonds. The van der Waals surface area contributed by atoms with Crippen molar-refractivity contribution in [3.8, 4) is 0 Å². The van der Waals surface area contributed by atoms with Gasteiger partial charge in [-0.3, -0.25) is 9.59 Å². The van der Waals surface area contributed by atoms with Crippen molar-refractivity contribution in [2.24, 2.45) is 0 Å². The van der Waals surface area contributed by atoms with Crippen molar-refractivity contribution in [1.82, 2.24) is 0 Å². The number of halogens is 1. The first-order chi connectivity index (χ1) is 10.1. The third-order valence-electron chi connectivity index (χ3n) is 3.45. The minimum absolute atomic E-state index is 0.154. The van der Waals surface area contributed by atoms with E-state index in [4.69, 9.17) is 11.6 Å². The second-order valence-corrected chi connectivity index (χ2v) is 6.34. The molecule has 1 saturated heterocycles. The van der Waals surface area contributed by atoms with E-state index >= 15 is 0 Å². The van der Waals surface area contributed by atoms with Crippen LogP contribution in [0.5, 0.6) is 0 Å². The third kappa shape index (κ3) is 3.00. The van der Waals surface area contributed by atoms with Gasteiger partial charge < -0.3 is 5.32 Å². The Morgan fingerprint density at radius 2 is 2.00 bits per heavy atom. The minimum Gasteiger partial charge on any atom is -0.331 e. The lowest BCUT2D eigenvalue weighted by molar-refractivity contribution is -0.689. The van der Waals surface area contributed by atoms with E-state index < -0.39 is 0 Å². The minimum atomic E-state index is -0.338. The zero-order valence-corrected chi connectivity index (χ0v) is 12.7. The highest BCUT2D eigenvalue weighted by molar-refractivity contribution is 7.09. The van der Waals surface area contributed by atoms with E-state index in [9.17, 15) is 9.59 Å². The summed E-state index contributed by atoms with van der Waals surface area (Å²) in [5.74, 6) is -0.311. The lowest BCUT2D eigenvalue weighted by atomic mass is 10.2. The lowest BCUT2D eigenvalue weighted by Gasteiger charge is -2.14. The highest BCUT2D eigenvalue weighted by atomic mass is 35.5. The maximum atomic E-state index is 12.4. The summed E-state index contributed by atoms with van der Waals surface area (Å²) in [7, 11) is 0. The predicted octanol–water partition coefficient (Wildman–Crippen LogP) is 1.80. The second-order valence-electron chi connectivity index (χ2n) is 4.87. The number of hydrogen-bond acceptors (Lipinski definition) is 3. The van der Waals surface area contributed by atoms with Gasteiger partial charge in [-0.25, -0.2) is 4.90 Å². The van der Waals surface area contributed by atoms with Crippen molar-refractivity contribution in [3.05, 3.63) is 51.7 Å². The van der Waals surface area contributed by atoms with Crippen LogP contribution in [0.4, 0.5) is 5.69 Å². The van der Waals surface area contributed by atoms with Gasteiger partial charge in [0.05, 0.1) is 17.0 Å². The number of nitrogens with two attached hydrogens (primary N) is 1. The first-order valence-electron chi connectivity index (χ1n) is 6.63. The summed E-state index contributed by atoms with van der Waals surface area (Å²) in [6.07, 6.45) is 0.243. The highest BCUT2D eigenvalue weighted by Gasteiger charge is 2.42. The first-order valence-corrected chi connectivity index (χ1v) is 7.89. The molecule has 2 N–H and O–H groups in total. The van der Waals surface area contributed by atoms with Crippen LogP contribution in [0.1, 0.15) is 11.3 Å². The van der Waals surface area contributed by atoms with Gasteiger partial charge >= 0.3 is 0 Å². The van der Waals surface area contributed by atoms with Crippen LogP contribution in [0.25, 0.3) is 0 Å². The zero-order valence-electron chi connectivity index (χ0n) is 11.2. The Kier molecular flexibility index (Phi) is 4.05. The number of rotatable bonds is 4. The molecule has 3 rings (SSSR count). The fourth-order valence-electron chi connectivity index (χ4n) is 2.39. The third-order valence-corrected chi connectivity index (χ3v) is 4.60. The lowest BCUT2D eigenvalue weighted by Crippen LogP contribution is -2.90. The number of carbonyl (C=O) groups excluding carboxylic acids is 2. The fraction of sp³-hybridized carbons (Fsp3) is 0.200. The summed E-state index contributed by atoms with van der Waals surface area (Å²) >= 11 is 7.48. The molecule has 1 fully saturated rings. The van der Waals surface area contributed by atoms with Gasteiger partial charge in [0.2, 0.25) is 5.91 Å². The van der Waals surface area contributed by atoms with Crippen molar-refractivity contribution in [2.45, 2.75) is 19.0 Å². The van der Waals surface area contributed by atoms with Crippen LogP contribution in [-0.4, -0.2) is 17.9 Å². The maximum absolute atomic E-state index is 12.4. The molecule has 1 aliphatic rings. The van der Waals surface area contributed by atoms with E-state index in [1.165, 1.54) is 9.78 Å². The van der Waals surface area contributed by atoms with E-state index in [-0.39, 0.29) is 24.3 Å². The molecule has 0 saturated carbocycles. The SMILES string of the molecule is O=C1C[C@H]([NH2+]Cc2cccs2)C(=O)N1c1ccc(Cl)cc1. The standard InChI is InChI=1S/C15H13ClN2O2S/c16-10-3-5-11(6-4-10)18-14(19)8-13(15(18)20)17-9-12-2-1-7-21-12/h1-7,13,17H,8-9H2/p+1/t13-/m0/s1. The molecule has 1 atom stereocenters. The molecule has 2 heterocycles. The molecule has 108 valence electrons. The molecular weight excluding hydrogens is 308 g/mol. The summed E-state index contributed by atoms with van der Waals surface area (Å²) in [4.78, 5) is 27.0. The molecule has 6 heteroatoms. The van der Waals surface area contributed by atoms with Crippen LogP contribution in [0.15, 0.2) is 41.8 Å². The Bertz CT molecular complexity index is 655. The number of imide groups is 1. The van der Waals surface area contributed by atoms with Gasteiger partial charge in [-0.1, -0.05) is 17.7 Å². The van der Waals surface area contributed by atoms with E-state index in [0.29, 0.717) is 10.7 Å². The number of nitrogens with zero attached hydrogens (tertiary/aromatic N) is 1. The Hall–Kier alpha value is -1.69. The Morgan fingerprint density at radius 1 is 1.24 bits per heavy atom. The smallest absolute Gasteiger partial charge is 0.292 e. The molecule has 4 nitrogen and oxygen atoms in total. The van der Waals surface area contributed by atoms with Gasteiger partial charge in [0.25, 0.3) is 5.91 Å². The van der Waals surface area contributed by atoms with Crippen LogP contribution >= 0.6 is 22.9 Å². The average molecular weight is 322 g/mol. The number of amides is 2. The van der Waals surface area contributed by atoms with Gasteiger partial charge in [0.1, 0.15) is 6.54 Å². The first kappa shape index (κ1) is 14.3. The molecule has 1 aliphatic heterocycles. The van der Waals surface area contributed by atoms with Gasteiger partial charge in [0, 0.05) is 5.02 Å². The summed E-state index contributed by atoms with van der Waals surface area (Å²) < 4.78 is 0. The van der Waals surface area contributed by atoms with Gasteiger partial charge in [-0.05, 0) is 35.7 Å². The molecule has 0 bridgehead atoms. The van der Waals surface area contributed by atoms with Gasteiger partial charge in [-0.15, -0.1) is 11.3 Å². The molecular formula is C15H14ClN2O2S+. The fourth-order valence-corrected chi connectivity index (χ4v) is 3.20. The maximum Gasteiger partial charge on any atom is 0.292 e. The van der Waals surface area contributed by atoms with Crippen molar-refractivity contribution < 1.29 is 14.9 Å². The molecule has 0 aliphatic carbocycles. The van der Waals surface area contributed by atoms with Crippen molar-refractivity contribution in [3.63, 3.8) is 0 Å². The van der Waals surface area contributed by atoms with Gasteiger partial charge in [0.15, 0.2) is 6.04 Å². The molecule has 1 aromatic heterocycles. The quantitative estimate of drug-likeness (QED) is 0.873. The number of hydrogen-bond donors (Lipinski definition) is 1. The largest absolute Gasteiger partial charge is 0.331 e. The van der Waals surface area contributed by atoms with E-state index in [1.54, 1.807) is 35.6 Å². The number of benzene rings is 1. The zero-order chi connectivity index (χ0) is 14.8. The molecule has 0 radical (unpaired) electrons.